The lowest BCUT2D eigenvalue weighted by Gasteiger charge is -2.34. The number of nitrogens with zero attached hydrogens (tertiary/aromatic N) is 2. The summed E-state index contributed by atoms with van der Waals surface area (Å²) in [5.41, 5.74) is 0. The molecule has 0 amide bonds. The minimum atomic E-state index is -3.23. The Morgan fingerprint density at radius 2 is 1.68 bits per heavy atom. The van der Waals surface area contributed by atoms with Crippen LogP contribution in [0.3, 0.4) is 0 Å². The summed E-state index contributed by atoms with van der Waals surface area (Å²) in [5, 5.41) is 3.58. The van der Waals surface area contributed by atoms with Crippen LogP contribution in [0, 0.1) is 5.92 Å². The molecule has 0 bridgehead atoms. The summed E-state index contributed by atoms with van der Waals surface area (Å²) in [7, 11) is -3.23. The SMILES string of the molecule is CCN(CC)S(=O)(=O)N1CCC(NCC2CC2)CC1. The Balaban J connectivity index is 1.80. The molecule has 0 atom stereocenters. The Morgan fingerprint density at radius 1 is 1.11 bits per heavy atom. The van der Waals surface area contributed by atoms with Crippen molar-refractivity contribution in [2.75, 3.05) is 32.7 Å². The fourth-order valence-electron chi connectivity index (χ4n) is 2.66. The van der Waals surface area contributed by atoms with E-state index in [2.05, 4.69) is 5.32 Å². The molecule has 0 unspecified atom stereocenters. The minimum Gasteiger partial charge on any atom is -0.314 e. The Bertz CT molecular complexity index is 369. The van der Waals surface area contributed by atoms with Gasteiger partial charge in [0, 0.05) is 32.2 Å². The fourth-order valence-corrected chi connectivity index (χ4v) is 4.31. The van der Waals surface area contributed by atoms with Crippen LogP contribution in [0.5, 0.6) is 0 Å². The molecule has 19 heavy (non-hydrogen) atoms. The maximum atomic E-state index is 12.4. The summed E-state index contributed by atoms with van der Waals surface area (Å²) in [6.07, 6.45) is 4.60. The smallest absolute Gasteiger partial charge is 0.281 e. The molecule has 6 heteroatoms. The van der Waals surface area contributed by atoms with Crippen molar-refractivity contribution in [1.82, 2.24) is 13.9 Å². The maximum Gasteiger partial charge on any atom is 0.281 e. The molecule has 2 rings (SSSR count). The first-order valence-corrected chi connectivity index (χ1v) is 8.96. The van der Waals surface area contributed by atoms with Crippen molar-refractivity contribution in [2.45, 2.75) is 45.6 Å². The monoisotopic (exact) mass is 289 g/mol. The molecular weight excluding hydrogens is 262 g/mol. The Kier molecular flexibility index (Phi) is 5.22. The van der Waals surface area contributed by atoms with E-state index >= 15 is 0 Å². The van der Waals surface area contributed by atoms with E-state index in [0.717, 1.165) is 25.3 Å². The lowest BCUT2D eigenvalue weighted by Crippen LogP contribution is -2.50. The average Bonchev–Trinajstić information content (AvgIpc) is 3.22. The highest BCUT2D eigenvalue weighted by Gasteiger charge is 2.32. The third-order valence-corrected chi connectivity index (χ3v) is 6.39. The van der Waals surface area contributed by atoms with E-state index in [1.807, 2.05) is 13.8 Å². The van der Waals surface area contributed by atoms with E-state index in [1.54, 1.807) is 8.61 Å². The Morgan fingerprint density at radius 3 is 2.16 bits per heavy atom. The van der Waals surface area contributed by atoms with Crippen molar-refractivity contribution in [3.05, 3.63) is 0 Å². The lowest BCUT2D eigenvalue weighted by molar-refractivity contribution is 0.268. The van der Waals surface area contributed by atoms with E-state index in [9.17, 15) is 8.42 Å². The molecule has 0 aromatic heterocycles. The first kappa shape index (κ1) is 15.2. The molecule has 1 saturated heterocycles. The van der Waals surface area contributed by atoms with Crippen LogP contribution in [0.2, 0.25) is 0 Å². The summed E-state index contributed by atoms with van der Waals surface area (Å²) in [6.45, 7) is 7.32. The quantitative estimate of drug-likeness (QED) is 0.762. The molecular formula is C13H27N3O2S. The minimum absolute atomic E-state index is 0.503. The van der Waals surface area contributed by atoms with Crippen LogP contribution in [0.1, 0.15) is 39.5 Å². The van der Waals surface area contributed by atoms with Crippen molar-refractivity contribution in [2.24, 2.45) is 5.92 Å². The zero-order chi connectivity index (χ0) is 13.9. The molecule has 1 N–H and O–H groups in total. The molecule has 112 valence electrons. The first-order chi connectivity index (χ1) is 9.07. The topological polar surface area (TPSA) is 52.7 Å². The van der Waals surface area contributed by atoms with Crippen LogP contribution in [0.4, 0.5) is 0 Å². The van der Waals surface area contributed by atoms with Crippen molar-refractivity contribution in [1.29, 1.82) is 0 Å². The number of hydrogen-bond donors (Lipinski definition) is 1. The molecule has 1 aliphatic heterocycles. The van der Waals surface area contributed by atoms with Crippen LogP contribution in [-0.4, -0.2) is 55.8 Å². The van der Waals surface area contributed by atoms with Crippen molar-refractivity contribution >= 4 is 10.2 Å². The van der Waals surface area contributed by atoms with Gasteiger partial charge in [-0.05, 0) is 38.1 Å². The summed E-state index contributed by atoms with van der Waals surface area (Å²) >= 11 is 0. The van der Waals surface area contributed by atoms with Gasteiger partial charge in [-0.25, -0.2) is 0 Å². The van der Waals surface area contributed by atoms with Gasteiger partial charge in [-0.3, -0.25) is 0 Å². The third kappa shape index (κ3) is 3.90. The molecule has 5 nitrogen and oxygen atoms in total. The average molecular weight is 289 g/mol. The second-order valence-electron chi connectivity index (χ2n) is 5.62. The predicted octanol–water partition coefficient (Wildman–Crippen LogP) is 1.04. The third-order valence-electron chi connectivity index (χ3n) is 4.20. The molecule has 2 fully saturated rings. The highest BCUT2D eigenvalue weighted by atomic mass is 32.2. The number of piperidine rings is 1. The number of rotatable bonds is 7. The molecule has 1 heterocycles. The van der Waals surface area contributed by atoms with Crippen molar-refractivity contribution < 1.29 is 8.42 Å². The predicted molar refractivity (Wildman–Crippen MR) is 77.2 cm³/mol. The molecule has 1 saturated carbocycles. The molecule has 0 spiro atoms. The molecule has 0 radical (unpaired) electrons. The van der Waals surface area contributed by atoms with Crippen LogP contribution in [0.15, 0.2) is 0 Å². The van der Waals surface area contributed by atoms with Gasteiger partial charge in [0.25, 0.3) is 10.2 Å². The van der Waals surface area contributed by atoms with Gasteiger partial charge in [0.15, 0.2) is 0 Å². The summed E-state index contributed by atoms with van der Waals surface area (Å²) in [5.74, 6) is 0.887. The largest absolute Gasteiger partial charge is 0.314 e. The second kappa shape index (κ2) is 6.52. The first-order valence-electron chi connectivity index (χ1n) is 7.56. The van der Waals surface area contributed by atoms with Gasteiger partial charge in [0.1, 0.15) is 0 Å². The van der Waals surface area contributed by atoms with Gasteiger partial charge in [0.05, 0.1) is 0 Å². The van der Waals surface area contributed by atoms with Crippen LogP contribution in [-0.2, 0) is 10.2 Å². The van der Waals surface area contributed by atoms with E-state index in [1.165, 1.54) is 12.8 Å². The highest BCUT2D eigenvalue weighted by molar-refractivity contribution is 7.86. The molecule has 0 aromatic carbocycles. The standard InChI is InChI=1S/C13H27N3O2S/c1-3-15(4-2)19(17,18)16-9-7-13(8-10-16)14-11-12-5-6-12/h12-14H,3-11H2,1-2H3. The normalized spacial score (nSPS) is 23.1. The van der Waals surface area contributed by atoms with Gasteiger partial charge < -0.3 is 5.32 Å². The van der Waals surface area contributed by atoms with Crippen LogP contribution >= 0.6 is 0 Å². The fraction of sp³-hybridized carbons (Fsp3) is 1.00. The summed E-state index contributed by atoms with van der Waals surface area (Å²) in [6, 6.07) is 0.503. The van der Waals surface area contributed by atoms with E-state index in [0.29, 0.717) is 32.2 Å². The zero-order valence-electron chi connectivity index (χ0n) is 12.1. The number of hydrogen-bond acceptors (Lipinski definition) is 3. The Hall–Kier alpha value is -0.170. The van der Waals surface area contributed by atoms with Crippen LogP contribution in [0.25, 0.3) is 0 Å². The zero-order valence-corrected chi connectivity index (χ0v) is 13.0. The van der Waals surface area contributed by atoms with Crippen LogP contribution < -0.4 is 5.32 Å². The number of nitrogens with one attached hydrogen (secondary N) is 1. The van der Waals surface area contributed by atoms with E-state index in [4.69, 9.17) is 0 Å². The van der Waals surface area contributed by atoms with Crippen molar-refractivity contribution in [3.8, 4) is 0 Å². The van der Waals surface area contributed by atoms with Gasteiger partial charge in [0.2, 0.25) is 0 Å². The molecule has 0 aromatic rings. The van der Waals surface area contributed by atoms with Gasteiger partial charge in [-0.15, -0.1) is 0 Å². The van der Waals surface area contributed by atoms with E-state index < -0.39 is 10.2 Å². The molecule has 2 aliphatic rings. The van der Waals surface area contributed by atoms with Crippen molar-refractivity contribution in [3.63, 3.8) is 0 Å². The second-order valence-corrected chi connectivity index (χ2v) is 7.55. The highest BCUT2D eigenvalue weighted by Crippen LogP contribution is 2.28. The summed E-state index contributed by atoms with van der Waals surface area (Å²) in [4.78, 5) is 0. The van der Waals surface area contributed by atoms with Gasteiger partial charge in [-0.1, -0.05) is 13.8 Å². The van der Waals surface area contributed by atoms with E-state index in [-0.39, 0.29) is 0 Å². The Labute approximate surface area is 117 Å². The maximum absolute atomic E-state index is 12.4. The van der Waals surface area contributed by atoms with Gasteiger partial charge in [-0.2, -0.15) is 17.0 Å². The van der Waals surface area contributed by atoms with Gasteiger partial charge >= 0.3 is 0 Å². The molecule has 1 aliphatic carbocycles. The lowest BCUT2D eigenvalue weighted by atomic mass is 10.1. The summed E-state index contributed by atoms with van der Waals surface area (Å²) < 4.78 is 27.9.